The molecule has 0 spiro atoms. The van der Waals surface area contributed by atoms with Crippen LogP contribution in [0, 0.1) is 0 Å². The standard InChI is InChI=1S/C17H21N3O3S/c1-2-9-22-14-6-4-3-5-13(14)19-17(21)20-8-10-23-15(12-20)16-18-7-11-24-16/h3-7,11,15H,2,8-10,12H2,1H3,(H,19,21). The average Bonchev–Trinajstić information content (AvgIpc) is 3.16. The first-order valence-corrected chi connectivity index (χ1v) is 8.94. The van der Waals surface area contributed by atoms with Gasteiger partial charge in [0, 0.05) is 18.1 Å². The Morgan fingerprint density at radius 3 is 3.17 bits per heavy atom. The number of hydrogen-bond acceptors (Lipinski definition) is 5. The lowest BCUT2D eigenvalue weighted by Gasteiger charge is -2.32. The lowest BCUT2D eigenvalue weighted by atomic mass is 10.2. The van der Waals surface area contributed by atoms with Crippen molar-refractivity contribution >= 4 is 23.1 Å². The van der Waals surface area contributed by atoms with Crippen LogP contribution in [0.3, 0.4) is 0 Å². The van der Waals surface area contributed by atoms with Crippen molar-refractivity contribution in [3.05, 3.63) is 40.8 Å². The van der Waals surface area contributed by atoms with E-state index in [1.54, 1.807) is 22.4 Å². The van der Waals surface area contributed by atoms with Crippen molar-refractivity contribution in [2.75, 3.05) is 31.6 Å². The summed E-state index contributed by atoms with van der Waals surface area (Å²) in [5.74, 6) is 0.692. The van der Waals surface area contributed by atoms with Gasteiger partial charge in [-0.05, 0) is 18.6 Å². The molecule has 2 heterocycles. The Morgan fingerprint density at radius 1 is 1.50 bits per heavy atom. The van der Waals surface area contributed by atoms with E-state index in [1.807, 2.05) is 36.6 Å². The molecule has 0 bridgehead atoms. The van der Waals surface area contributed by atoms with Gasteiger partial charge in [0.15, 0.2) is 0 Å². The Bertz CT molecular complexity index is 663. The quantitative estimate of drug-likeness (QED) is 0.898. The van der Waals surface area contributed by atoms with E-state index >= 15 is 0 Å². The van der Waals surface area contributed by atoms with E-state index in [2.05, 4.69) is 10.3 Å². The molecule has 1 atom stereocenters. The van der Waals surface area contributed by atoms with Crippen molar-refractivity contribution < 1.29 is 14.3 Å². The number of thiazole rings is 1. The summed E-state index contributed by atoms with van der Waals surface area (Å²) in [6.45, 7) is 4.24. The number of ether oxygens (including phenoxy) is 2. The molecule has 1 aliphatic heterocycles. The molecular formula is C17H21N3O3S. The zero-order valence-electron chi connectivity index (χ0n) is 13.6. The average molecular weight is 347 g/mol. The van der Waals surface area contributed by atoms with Crippen LogP contribution < -0.4 is 10.1 Å². The molecule has 1 N–H and O–H groups in total. The third-order valence-electron chi connectivity index (χ3n) is 3.67. The molecule has 1 saturated heterocycles. The van der Waals surface area contributed by atoms with Crippen LogP contribution in [-0.2, 0) is 4.74 Å². The third-order valence-corrected chi connectivity index (χ3v) is 4.54. The van der Waals surface area contributed by atoms with E-state index in [1.165, 1.54) is 0 Å². The zero-order valence-corrected chi connectivity index (χ0v) is 14.4. The first-order chi connectivity index (χ1) is 11.8. The van der Waals surface area contributed by atoms with Crippen LogP contribution in [0.25, 0.3) is 0 Å². The number of anilines is 1. The van der Waals surface area contributed by atoms with Gasteiger partial charge < -0.3 is 19.7 Å². The molecular weight excluding hydrogens is 326 g/mol. The van der Waals surface area contributed by atoms with Gasteiger partial charge in [-0.15, -0.1) is 11.3 Å². The maximum Gasteiger partial charge on any atom is 0.322 e. The number of nitrogens with zero attached hydrogens (tertiary/aromatic N) is 2. The Labute approximate surface area is 145 Å². The molecule has 2 amide bonds. The smallest absolute Gasteiger partial charge is 0.322 e. The number of carbonyl (C=O) groups excluding carboxylic acids is 1. The van der Waals surface area contributed by atoms with Crippen LogP contribution >= 0.6 is 11.3 Å². The number of rotatable bonds is 5. The SMILES string of the molecule is CCCOc1ccccc1NC(=O)N1CCOC(c2nccs2)C1. The lowest BCUT2D eigenvalue weighted by molar-refractivity contribution is -0.0136. The number of nitrogens with one attached hydrogen (secondary N) is 1. The second kappa shape index (κ2) is 8.12. The summed E-state index contributed by atoms with van der Waals surface area (Å²) in [6, 6.07) is 7.34. The number of benzene rings is 1. The van der Waals surface area contributed by atoms with Gasteiger partial charge in [0.05, 0.1) is 25.4 Å². The first-order valence-electron chi connectivity index (χ1n) is 8.06. The van der Waals surface area contributed by atoms with Gasteiger partial charge in [-0.3, -0.25) is 0 Å². The van der Waals surface area contributed by atoms with Crippen LogP contribution in [0.1, 0.15) is 24.5 Å². The van der Waals surface area contributed by atoms with Gasteiger partial charge >= 0.3 is 6.03 Å². The molecule has 0 saturated carbocycles. The van der Waals surface area contributed by atoms with E-state index in [4.69, 9.17) is 9.47 Å². The van der Waals surface area contributed by atoms with E-state index in [0.29, 0.717) is 37.7 Å². The van der Waals surface area contributed by atoms with Gasteiger partial charge in [-0.1, -0.05) is 19.1 Å². The number of urea groups is 1. The van der Waals surface area contributed by atoms with Crippen molar-refractivity contribution in [1.29, 1.82) is 0 Å². The molecule has 7 heteroatoms. The molecule has 2 aromatic rings. The molecule has 0 aliphatic carbocycles. The fraction of sp³-hybridized carbons (Fsp3) is 0.412. The second-order valence-electron chi connectivity index (χ2n) is 5.45. The molecule has 1 fully saturated rings. The van der Waals surface area contributed by atoms with Gasteiger partial charge in [-0.25, -0.2) is 9.78 Å². The highest BCUT2D eigenvalue weighted by molar-refractivity contribution is 7.09. The summed E-state index contributed by atoms with van der Waals surface area (Å²) in [6.07, 6.45) is 2.52. The van der Waals surface area contributed by atoms with Crippen LogP contribution in [-0.4, -0.2) is 42.2 Å². The first kappa shape index (κ1) is 16.7. The Kier molecular flexibility index (Phi) is 5.66. The zero-order chi connectivity index (χ0) is 16.8. The number of hydrogen-bond donors (Lipinski definition) is 1. The molecule has 1 aliphatic rings. The van der Waals surface area contributed by atoms with Crippen molar-refractivity contribution in [3.8, 4) is 5.75 Å². The van der Waals surface area contributed by atoms with E-state index < -0.39 is 0 Å². The number of aromatic nitrogens is 1. The van der Waals surface area contributed by atoms with Crippen LogP contribution in [0.2, 0.25) is 0 Å². The number of morpholine rings is 1. The minimum Gasteiger partial charge on any atom is -0.491 e. The Balaban J connectivity index is 1.64. The van der Waals surface area contributed by atoms with Crippen LogP contribution in [0.4, 0.5) is 10.5 Å². The maximum absolute atomic E-state index is 12.6. The predicted molar refractivity (Wildman–Crippen MR) is 93.6 cm³/mol. The fourth-order valence-electron chi connectivity index (χ4n) is 2.48. The second-order valence-corrected chi connectivity index (χ2v) is 6.38. The lowest BCUT2D eigenvalue weighted by Crippen LogP contribution is -2.44. The fourth-order valence-corrected chi connectivity index (χ4v) is 3.16. The van der Waals surface area contributed by atoms with Crippen LogP contribution in [0.5, 0.6) is 5.75 Å². The topological polar surface area (TPSA) is 63.7 Å². The predicted octanol–water partition coefficient (Wildman–Crippen LogP) is 3.54. The largest absolute Gasteiger partial charge is 0.491 e. The summed E-state index contributed by atoms with van der Waals surface area (Å²) in [4.78, 5) is 18.6. The summed E-state index contributed by atoms with van der Waals surface area (Å²) in [7, 11) is 0. The molecule has 1 aromatic carbocycles. The van der Waals surface area contributed by atoms with Gasteiger partial charge in [0.1, 0.15) is 16.9 Å². The molecule has 0 radical (unpaired) electrons. The minimum atomic E-state index is -0.156. The van der Waals surface area contributed by atoms with Gasteiger partial charge in [-0.2, -0.15) is 0 Å². The number of carbonyl (C=O) groups is 1. The molecule has 6 nitrogen and oxygen atoms in total. The normalized spacial score (nSPS) is 17.5. The maximum atomic E-state index is 12.6. The summed E-state index contributed by atoms with van der Waals surface area (Å²) < 4.78 is 11.4. The molecule has 1 unspecified atom stereocenters. The Morgan fingerprint density at radius 2 is 2.38 bits per heavy atom. The van der Waals surface area contributed by atoms with Crippen molar-refractivity contribution in [2.45, 2.75) is 19.4 Å². The summed E-state index contributed by atoms with van der Waals surface area (Å²) in [5.41, 5.74) is 0.688. The molecule has 1 aromatic heterocycles. The van der Waals surface area contributed by atoms with Gasteiger partial charge in [0.2, 0.25) is 0 Å². The minimum absolute atomic E-state index is 0.146. The van der Waals surface area contributed by atoms with Crippen LogP contribution in [0.15, 0.2) is 35.8 Å². The van der Waals surface area contributed by atoms with Gasteiger partial charge in [0.25, 0.3) is 0 Å². The molecule has 128 valence electrons. The highest BCUT2D eigenvalue weighted by atomic mass is 32.1. The number of para-hydroxylation sites is 2. The summed E-state index contributed by atoms with van der Waals surface area (Å²) in [5, 5.41) is 5.76. The van der Waals surface area contributed by atoms with E-state index in [0.717, 1.165) is 11.4 Å². The highest BCUT2D eigenvalue weighted by Crippen LogP contribution is 2.27. The molecule has 24 heavy (non-hydrogen) atoms. The van der Waals surface area contributed by atoms with Crippen molar-refractivity contribution in [3.63, 3.8) is 0 Å². The monoisotopic (exact) mass is 347 g/mol. The third kappa shape index (κ3) is 4.04. The highest BCUT2D eigenvalue weighted by Gasteiger charge is 2.27. The Hall–Kier alpha value is -2.12. The molecule has 3 rings (SSSR count). The summed E-state index contributed by atoms with van der Waals surface area (Å²) >= 11 is 1.54. The van der Waals surface area contributed by atoms with E-state index in [-0.39, 0.29) is 12.1 Å². The van der Waals surface area contributed by atoms with Crippen molar-refractivity contribution in [2.24, 2.45) is 0 Å². The number of amides is 2. The van der Waals surface area contributed by atoms with Crippen molar-refractivity contribution in [1.82, 2.24) is 9.88 Å². The van der Waals surface area contributed by atoms with E-state index in [9.17, 15) is 4.79 Å².